The minimum Gasteiger partial charge on any atom is -0.378 e. The highest BCUT2D eigenvalue weighted by atomic mass is 16.5. The van der Waals surface area contributed by atoms with Gasteiger partial charge in [0.15, 0.2) is 0 Å². The standard InChI is InChI=1S/C18H18N4O/c19-13-16-6-7-20-14-17(16)21-18(22-8-10-23-11-9-22)12-15-4-2-1-3-5-15/h1-7,14H,8-12H2. The number of rotatable bonds is 3. The minimum absolute atomic E-state index is 0.541. The van der Waals surface area contributed by atoms with Gasteiger partial charge in [0.2, 0.25) is 0 Å². The van der Waals surface area contributed by atoms with Crippen LogP contribution in [0.1, 0.15) is 11.1 Å². The molecular weight excluding hydrogens is 288 g/mol. The zero-order valence-corrected chi connectivity index (χ0v) is 12.9. The molecule has 1 saturated heterocycles. The number of amidine groups is 1. The van der Waals surface area contributed by atoms with Crippen LogP contribution in [0.25, 0.3) is 0 Å². The molecule has 0 atom stereocenters. The monoisotopic (exact) mass is 306 g/mol. The van der Waals surface area contributed by atoms with Gasteiger partial charge >= 0.3 is 0 Å². The van der Waals surface area contributed by atoms with Gasteiger partial charge < -0.3 is 9.64 Å². The number of ether oxygens (including phenoxy) is 1. The summed E-state index contributed by atoms with van der Waals surface area (Å²) in [7, 11) is 0. The fourth-order valence-electron chi connectivity index (χ4n) is 2.53. The van der Waals surface area contributed by atoms with Crippen LogP contribution in [0.15, 0.2) is 53.8 Å². The second-order valence-electron chi connectivity index (χ2n) is 5.29. The molecule has 5 heteroatoms. The zero-order valence-electron chi connectivity index (χ0n) is 12.9. The largest absolute Gasteiger partial charge is 0.378 e. The van der Waals surface area contributed by atoms with Crippen molar-refractivity contribution in [3.8, 4) is 6.07 Å². The van der Waals surface area contributed by atoms with Crippen LogP contribution in [0.5, 0.6) is 0 Å². The van der Waals surface area contributed by atoms with Crippen LogP contribution < -0.4 is 0 Å². The summed E-state index contributed by atoms with van der Waals surface area (Å²) in [5.41, 5.74) is 2.35. The van der Waals surface area contributed by atoms with E-state index in [0.717, 1.165) is 25.3 Å². The number of pyridine rings is 1. The number of morpholine rings is 1. The molecule has 0 unspecified atom stereocenters. The Morgan fingerprint density at radius 2 is 2.00 bits per heavy atom. The van der Waals surface area contributed by atoms with Gasteiger partial charge in [-0.1, -0.05) is 30.3 Å². The number of hydrogen-bond donors (Lipinski definition) is 0. The summed E-state index contributed by atoms with van der Waals surface area (Å²) < 4.78 is 5.43. The average molecular weight is 306 g/mol. The Hall–Kier alpha value is -2.71. The third-order valence-electron chi connectivity index (χ3n) is 3.75. The molecule has 116 valence electrons. The molecular formula is C18H18N4O. The molecule has 0 radical (unpaired) electrons. The Kier molecular flexibility index (Phi) is 4.97. The molecule has 1 aromatic carbocycles. The number of aromatic nitrogens is 1. The lowest BCUT2D eigenvalue weighted by Crippen LogP contribution is -2.41. The Bertz CT molecular complexity index is 715. The van der Waals surface area contributed by atoms with Crippen LogP contribution in [0.4, 0.5) is 5.69 Å². The summed E-state index contributed by atoms with van der Waals surface area (Å²) in [4.78, 5) is 11.1. The lowest BCUT2D eigenvalue weighted by atomic mass is 10.1. The van der Waals surface area contributed by atoms with Gasteiger partial charge in [-0.2, -0.15) is 5.26 Å². The number of nitrogens with zero attached hydrogens (tertiary/aromatic N) is 4. The van der Waals surface area contributed by atoms with E-state index in [1.165, 1.54) is 5.56 Å². The molecule has 1 aliphatic heterocycles. The summed E-state index contributed by atoms with van der Waals surface area (Å²) in [5.74, 6) is 0.948. The van der Waals surface area contributed by atoms with E-state index in [0.29, 0.717) is 24.5 Å². The summed E-state index contributed by atoms with van der Waals surface area (Å²) in [6, 6.07) is 14.1. The predicted molar refractivity (Wildman–Crippen MR) is 88.6 cm³/mol. The van der Waals surface area contributed by atoms with E-state index in [4.69, 9.17) is 9.73 Å². The fraction of sp³-hybridized carbons (Fsp3) is 0.278. The van der Waals surface area contributed by atoms with Crippen LogP contribution in [-0.4, -0.2) is 42.0 Å². The van der Waals surface area contributed by atoms with Crippen molar-refractivity contribution in [2.45, 2.75) is 6.42 Å². The van der Waals surface area contributed by atoms with Crippen molar-refractivity contribution in [3.05, 3.63) is 59.9 Å². The SMILES string of the molecule is N#Cc1ccncc1N=C(Cc1ccccc1)N1CCOCC1. The molecule has 5 nitrogen and oxygen atoms in total. The first kappa shape index (κ1) is 15.2. The van der Waals surface area contributed by atoms with Crippen LogP contribution in [0.2, 0.25) is 0 Å². The van der Waals surface area contributed by atoms with E-state index in [1.54, 1.807) is 18.5 Å². The van der Waals surface area contributed by atoms with Crippen LogP contribution in [0.3, 0.4) is 0 Å². The van der Waals surface area contributed by atoms with Crippen molar-refractivity contribution in [3.63, 3.8) is 0 Å². The molecule has 1 aromatic heterocycles. The van der Waals surface area contributed by atoms with Crippen LogP contribution in [-0.2, 0) is 11.2 Å². The highest BCUT2D eigenvalue weighted by Crippen LogP contribution is 2.18. The second-order valence-corrected chi connectivity index (χ2v) is 5.29. The van der Waals surface area contributed by atoms with Crippen molar-refractivity contribution in [1.29, 1.82) is 5.26 Å². The first-order valence-electron chi connectivity index (χ1n) is 7.65. The van der Waals surface area contributed by atoms with Gasteiger partial charge in [-0.3, -0.25) is 4.98 Å². The van der Waals surface area contributed by atoms with Gasteiger partial charge in [0.05, 0.1) is 25.0 Å². The summed E-state index contributed by atoms with van der Waals surface area (Å²) >= 11 is 0. The molecule has 3 rings (SSSR count). The molecule has 0 saturated carbocycles. The fourth-order valence-corrected chi connectivity index (χ4v) is 2.53. The van der Waals surface area contributed by atoms with Gasteiger partial charge in [-0.15, -0.1) is 0 Å². The van der Waals surface area contributed by atoms with Crippen molar-refractivity contribution in [2.75, 3.05) is 26.3 Å². The molecule has 2 heterocycles. The van der Waals surface area contributed by atoms with Gasteiger partial charge in [0.1, 0.15) is 17.6 Å². The smallest absolute Gasteiger partial charge is 0.109 e. The van der Waals surface area contributed by atoms with E-state index in [1.807, 2.05) is 18.2 Å². The maximum atomic E-state index is 9.25. The molecule has 1 fully saturated rings. The van der Waals surface area contributed by atoms with E-state index in [2.05, 4.69) is 28.1 Å². The molecule has 0 bridgehead atoms. The highest BCUT2D eigenvalue weighted by Gasteiger charge is 2.16. The second kappa shape index (κ2) is 7.52. The van der Waals surface area contributed by atoms with E-state index >= 15 is 0 Å². The predicted octanol–water partition coefficient (Wildman–Crippen LogP) is 2.56. The average Bonchev–Trinajstić information content (AvgIpc) is 2.63. The lowest BCUT2D eigenvalue weighted by Gasteiger charge is -2.30. The Labute approximate surface area is 135 Å². The third kappa shape index (κ3) is 3.93. The lowest BCUT2D eigenvalue weighted by molar-refractivity contribution is 0.0674. The van der Waals surface area contributed by atoms with E-state index < -0.39 is 0 Å². The summed E-state index contributed by atoms with van der Waals surface area (Å²) in [5, 5.41) is 9.25. The highest BCUT2D eigenvalue weighted by molar-refractivity contribution is 5.87. The number of aliphatic imine (C=N–C) groups is 1. The quantitative estimate of drug-likeness (QED) is 0.646. The number of nitriles is 1. The zero-order chi connectivity index (χ0) is 15.9. The van der Waals surface area contributed by atoms with Gasteiger partial charge in [-0.25, -0.2) is 4.99 Å². The Morgan fingerprint density at radius 3 is 2.74 bits per heavy atom. The third-order valence-corrected chi connectivity index (χ3v) is 3.75. The maximum Gasteiger partial charge on any atom is 0.109 e. The molecule has 0 amide bonds. The number of benzene rings is 1. The Morgan fingerprint density at radius 1 is 1.22 bits per heavy atom. The normalized spacial score (nSPS) is 15.3. The molecule has 0 N–H and O–H groups in total. The van der Waals surface area contributed by atoms with Gasteiger partial charge in [-0.05, 0) is 11.6 Å². The maximum absolute atomic E-state index is 9.25. The van der Waals surface area contributed by atoms with Gasteiger partial charge in [0.25, 0.3) is 0 Å². The van der Waals surface area contributed by atoms with E-state index in [-0.39, 0.29) is 0 Å². The van der Waals surface area contributed by atoms with Crippen molar-refractivity contribution >= 4 is 11.5 Å². The number of hydrogen-bond acceptors (Lipinski definition) is 4. The van der Waals surface area contributed by atoms with Crippen molar-refractivity contribution in [2.24, 2.45) is 4.99 Å². The first-order chi connectivity index (χ1) is 11.4. The molecule has 0 spiro atoms. The minimum atomic E-state index is 0.541. The Balaban J connectivity index is 1.93. The first-order valence-corrected chi connectivity index (χ1v) is 7.65. The molecule has 2 aromatic rings. The van der Waals surface area contributed by atoms with Crippen molar-refractivity contribution in [1.82, 2.24) is 9.88 Å². The molecule has 1 aliphatic rings. The molecule has 0 aliphatic carbocycles. The summed E-state index contributed by atoms with van der Waals surface area (Å²) in [6.07, 6.45) is 3.98. The van der Waals surface area contributed by atoms with Crippen LogP contribution in [0, 0.1) is 11.3 Å². The van der Waals surface area contributed by atoms with Crippen molar-refractivity contribution < 1.29 is 4.74 Å². The van der Waals surface area contributed by atoms with Gasteiger partial charge in [0, 0.05) is 25.7 Å². The van der Waals surface area contributed by atoms with Crippen LogP contribution >= 0.6 is 0 Å². The van der Waals surface area contributed by atoms with E-state index in [9.17, 15) is 5.26 Å². The summed E-state index contributed by atoms with van der Waals surface area (Å²) in [6.45, 7) is 3.03. The topological polar surface area (TPSA) is 61.5 Å². The molecule has 23 heavy (non-hydrogen) atoms.